The summed E-state index contributed by atoms with van der Waals surface area (Å²) in [5, 5.41) is 11.6. The van der Waals surface area contributed by atoms with Gasteiger partial charge >= 0.3 is 6.61 Å². The van der Waals surface area contributed by atoms with Crippen LogP contribution >= 0.6 is 0 Å². The van der Waals surface area contributed by atoms with E-state index in [0.29, 0.717) is 5.75 Å². The maximum Gasteiger partial charge on any atom is 0.387 e. The Morgan fingerprint density at radius 1 is 1.24 bits per heavy atom. The summed E-state index contributed by atoms with van der Waals surface area (Å²) >= 11 is 0. The molecule has 0 aliphatic carbocycles. The number of methoxy groups -OCH3 is 2. The Morgan fingerprint density at radius 3 is 2.57 bits per heavy atom. The second kappa shape index (κ2) is 11.7. The quantitative estimate of drug-likeness (QED) is 0.177. The molecular formula is C22H23F2N5O7S. The molecule has 0 fully saturated rings. The topological polar surface area (TPSA) is 145 Å². The molecule has 12 nitrogen and oxygen atoms in total. The van der Waals surface area contributed by atoms with E-state index in [1.54, 1.807) is 6.07 Å². The fourth-order valence-electron chi connectivity index (χ4n) is 3.44. The highest BCUT2D eigenvalue weighted by Crippen LogP contribution is 2.32. The summed E-state index contributed by atoms with van der Waals surface area (Å²) < 4.78 is 54.9. The summed E-state index contributed by atoms with van der Waals surface area (Å²) in [6, 6.07) is 5.11. The summed E-state index contributed by atoms with van der Waals surface area (Å²) in [4.78, 5) is 35.7. The van der Waals surface area contributed by atoms with E-state index in [1.807, 2.05) is 0 Å². The number of carbonyl (C=O) groups excluding carboxylic acids is 2. The van der Waals surface area contributed by atoms with Gasteiger partial charge in [0.15, 0.2) is 17.4 Å². The number of pyridine rings is 1. The molecule has 0 radical (unpaired) electrons. The van der Waals surface area contributed by atoms with Gasteiger partial charge in [0, 0.05) is 32.4 Å². The molecule has 0 spiro atoms. The average molecular weight is 540 g/mol. The molecule has 3 rings (SSSR count). The molecule has 1 amide bonds. The minimum absolute atomic E-state index is 0.00240. The van der Waals surface area contributed by atoms with E-state index in [1.165, 1.54) is 46.6 Å². The number of aromatic nitrogens is 3. The number of hydrogen-bond acceptors (Lipinski definition) is 10. The molecule has 2 aromatic heterocycles. The van der Waals surface area contributed by atoms with Crippen LogP contribution in [0.4, 0.5) is 8.78 Å². The zero-order valence-corrected chi connectivity index (χ0v) is 20.9. The Hall–Kier alpha value is -4.14. The molecule has 0 aliphatic rings. The van der Waals surface area contributed by atoms with E-state index in [0.717, 1.165) is 21.7 Å². The standard InChI is InChI=1S/C22H23F2N5O7S/c1-28(2)19(30)13(10-26-32)20(31)29-16-6-5-12(36-21(23)24)9-14(16)27-22(29)37(33)11-15-18(35-4)17(34-3)7-8-25-15/h5-10,13,21,32H,11H2,1-4H3/b26-10+. The van der Waals surface area contributed by atoms with Crippen LogP contribution in [0.1, 0.15) is 10.5 Å². The molecule has 3 aromatic rings. The molecule has 0 saturated carbocycles. The molecule has 2 atom stereocenters. The monoisotopic (exact) mass is 539 g/mol. The van der Waals surface area contributed by atoms with Gasteiger partial charge in [-0.25, -0.2) is 4.98 Å². The number of carbonyl (C=O) groups is 2. The average Bonchev–Trinajstić information content (AvgIpc) is 3.24. The van der Waals surface area contributed by atoms with Crippen molar-refractivity contribution in [2.75, 3.05) is 28.3 Å². The van der Waals surface area contributed by atoms with Crippen LogP contribution < -0.4 is 14.2 Å². The van der Waals surface area contributed by atoms with Crippen molar-refractivity contribution < 1.29 is 42.0 Å². The lowest BCUT2D eigenvalue weighted by molar-refractivity contribution is -0.129. The van der Waals surface area contributed by atoms with Gasteiger partial charge < -0.3 is 24.3 Å². The molecule has 1 N–H and O–H groups in total. The first-order chi connectivity index (χ1) is 17.6. The number of oxime groups is 1. The molecule has 0 bridgehead atoms. The molecule has 15 heteroatoms. The van der Waals surface area contributed by atoms with Gasteiger partial charge in [0.2, 0.25) is 11.1 Å². The van der Waals surface area contributed by atoms with Gasteiger partial charge in [-0.1, -0.05) is 0 Å². The number of halogens is 2. The van der Waals surface area contributed by atoms with Crippen molar-refractivity contribution in [3.63, 3.8) is 0 Å². The number of ether oxygens (including phenoxy) is 3. The normalized spacial score (nSPS) is 13.1. The van der Waals surface area contributed by atoms with Crippen molar-refractivity contribution in [2.24, 2.45) is 11.1 Å². The minimum Gasteiger partial charge on any atom is -0.493 e. The highest BCUT2D eigenvalue weighted by Gasteiger charge is 2.33. The van der Waals surface area contributed by atoms with Crippen LogP contribution in [0.15, 0.2) is 40.8 Å². The zero-order valence-electron chi connectivity index (χ0n) is 20.1. The number of nitrogens with zero attached hydrogens (tertiary/aromatic N) is 5. The van der Waals surface area contributed by atoms with Crippen molar-refractivity contribution >= 4 is 39.9 Å². The van der Waals surface area contributed by atoms with Gasteiger partial charge in [-0.05, 0) is 12.1 Å². The van der Waals surface area contributed by atoms with Crippen molar-refractivity contribution in [3.05, 3.63) is 36.2 Å². The molecule has 1 aromatic carbocycles. The van der Waals surface area contributed by atoms with Gasteiger partial charge in [0.25, 0.3) is 5.91 Å². The molecule has 2 unspecified atom stereocenters. The van der Waals surface area contributed by atoms with Crippen LogP contribution in [0.5, 0.6) is 17.2 Å². The van der Waals surface area contributed by atoms with Crippen molar-refractivity contribution in [2.45, 2.75) is 17.5 Å². The first-order valence-corrected chi connectivity index (χ1v) is 11.8. The number of hydrogen-bond donors (Lipinski definition) is 1. The molecular weight excluding hydrogens is 516 g/mol. The Morgan fingerprint density at radius 2 is 1.97 bits per heavy atom. The molecule has 0 saturated heterocycles. The van der Waals surface area contributed by atoms with Crippen LogP contribution in [0.2, 0.25) is 0 Å². The first kappa shape index (κ1) is 27.4. The predicted octanol–water partition coefficient (Wildman–Crippen LogP) is 2.16. The third-order valence-corrected chi connectivity index (χ3v) is 6.28. The Balaban J connectivity index is 2.17. The Labute approximate surface area is 211 Å². The summed E-state index contributed by atoms with van der Waals surface area (Å²) in [6.07, 6.45) is 2.14. The molecule has 198 valence electrons. The molecule has 0 aliphatic heterocycles. The third-order valence-electron chi connectivity index (χ3n) is 5.07. The predicted molar refractivity (Wildman–Crippen MR) is 127 cm³/mol. The second-order valence-electron chi connectivity index (χ2n) is 7.55. The van der Waals surface area contributed by atoms with E-state index in [2.05, 4.69) is 19.9 Å². The van der Waals surface area contributed by atoms with E-state index in [4.69, 9.17) is 14.7 Å². The highest BCUT2D eigenvalue weighted by molar-refractivity contribution is 7.84. The SMILES string of the molecule is COc1ccnc(CS(=O)c2nc3cc(OC(F)F)ccc3n2C(=O)C(/C=N/O)C(=O)N(C)C)c1OC. The lowest BCUT2D eigenvalue weighted by Gasteiger charge is -2.17. The number of rotatable bonds is 10. The Kier molecular flexibility index (Phi) is 8.70. The highest BCUT2D eigenvalue weighted by atomic mass is 32.2. The molecule has 2 heterocycles. The van der Waals surface area contributed by atoms with E-state index in [-0.39, 0.29) is 39.1 Å². The number of imidazole rings is 1. The van der Waals surface area contributed by atoms with Crippen molar-refractivity contribution in [1.82, 2.24) is 19.4 Å². The summed E-state index contributed by atoms with van der Waals surface area (Å²) in [6.45, 7) is -3.11. The largest absolute Gasteiger partial charge is 0.493 e. The van der Waals surface area contributed by atoms with Crippen LogP contribution in [0.3, 0.4) is 0 Å². The summed E-state index contributed by atoms with van der Waals surface area (Å²) in [7, 11) is 3.51. The number of amides is 1. The van der Waals surface area contributed by atoms with Crippen LogP contribution in [-0.2, 0) is 21.3 Å². The van der Waals surface area contributed by atoms with Gasteiger partial charge in [-0.3, -0.25) is 23.3 Å². The lowest BCUT2D eigenvalue weighted by Crippen LogP contribution is -2.38. The smallest absolute Gasteiger partial charge is 0.387 e. The van der Waals surface area contributed by atoms with Crippen LogP contribution in [-0.4, -0.2) is 81.8 Å². The van der Waals surface area contributed by atoms with Gasteiger partial charge in [-0.2, -0.15) is 8.78 Å². The summed E-state index contributed by atoms with van der Waals surface area (Å²) in [5.41, 5.74) is 0.284. The number of fused-ring (bicyclic) bond motifs is 1. The minimum atomic E-state index is -3.11. The second-order valence-corrected chi connectivity index (χ2v) is 8.90. The lowest BCUT2D eigenvalue weighted by atomic mass is 10.1. The van der Waals surface area contributed by atoms with E-state index < -0.39 is 35.1 Å². The van der Waals surface area contributed by atoms with Crippen molar-refractivity contribution in [3.8, 4) is 17.2 Å². The number of alkyl halides is 2. The van der Waals surface area contributed by atoms with Gasteiger partial charge in [0.05, 0.1) is 53.7 Å². The van der Waals surface area contributed by atoms with Crippen LogP contribution in [0.25, 0.3) is 11.0 Å². The maximum absolute atomic E-state index is 13.5. The van der Waals surface area contributed by atoms with Crippen molar-refractivity contribution in [1.29, 1.82) is 0 Å². The number of benzene rings is 1. The van der Waals surface area contributed by atoms with Gasteiger partial charge in [0.1, 0.15) is 5.75 Å². The fraction of sp³-hybridized carbons (Fsp3) is 0.318. The third kappa shape index (κ3) is 5.82. The first-order valence-electron chi connectivity index (χ1n) is 10.5. The maximum atomic E-state index is 13.5. The van der Waals surface area contributed by atoms with E-state index >= 15 is 0 Å². The van der Waals surface area contributed by atoms with Gasteiger partial charge in [-0.15, -0.1) is 5.16 Å². The zero-order chi connectivity index (χ0) is 27.3. The summed E-state index contributed by atoms with van der Waals surface area (Å²) in [5.74, 6) is -3.24. The fourth-order valence-corrected chi connectivity index (χ4v) is 4.61. The Bertz CT molecular complexity index is 1360. The molecule has 37 heavy (non-hydrogen) atoms. The van der Waals surface area contributed by atoms with E-state index in [9.17, 15) is 22.6 Å². The van der Waals surface area contributed by atoms with Crippen LogP contribution in [0, 0.1) is 5.92 Å².